The van der Waals surface area contributed by atoms with Gasteiger partial charge in [-0.1, -0.05) is 31.9 Å². The van der Waals surface area contributed by atoms with E-state index in [-0.39, 0.29) is 0 Å². The average Bonchev–Trinajstić information content (AvgIpc) is 2.48. The SMILES string of the molecule is N=c1c(=O)n(-c2ccc(Br)cc2)c2ccc(Br)cc2n1O. The molecular formula is C14H9Br2N3O2. The third-order valence-electron chi connectivity index (χ3n) is 3.11. The Morgan fingerprint density at radius 3 is 2.24 bits per heavy atom. The van der Waals surface area contributed by atoms with E-state index in [1.165, 1.54) is 4.57 Å². The van der Waals surface area contributed by atoms with Crippen LogP contribution in [0, 0.1) is 5.41 Å². The van der Waals surface area contributed by atoms with Gasteiger partial charge in [-0.05, 0) is 42.5 Å². The van der Waals surface area contributed by atoms with E-state index in [4.69, 9.17) is 5.41 Å². The molecule has 1 aromatic heterocycles. The zero-order valence-corrected chi connectivity index (χ0v) is 13.7. The number of benzene rings is 2. The summed E-state index contributed by atoms with van der Waals surface area (Å²) in [7, 11) is 0. The van der Waals surface area contributed by atoms with Crippen molar-refractivity contribution >= 4 is 42.9 Å². The molecule has 0 aliphatic rings. The predicted molar refractivity (Wildman–Crippen MR) is 86.0 cm³/mol. The van der Waals surface area contributed by atoms with Gasteiger partial charge >= 0.3 is 5.56 Å². The lowest BCUT2D eigenvalue weighted by Gasteiger charge is -2.13. The summed E-state index contributed by atoms with van der Waals surface area (Å²) in [4.78, 5) is 12.3. The van der Waals surface area contributed by atoms with Crippen molar-refractivity contribution in [3.05, 3.63) is 67.3 Å². The van der Waals surface area contributed by atoms with Crippen LogP contribution in [0.5, 0.6) is 0 Å². The maximum absolute atomic E-state index is 12.3. The van der Waals surface area contributed by atoms with Crippen LogP contribution in [0.2, 0.25) is 0 Å². The van der Waals surface area contributed by atoms with Gasteiger partial charge in [-0.2, -0.15) is 4.73 Å². The van der Waals surface area contributed by atoms with E-state index in [0.29, 0.717) is 21.5 Å². The van der Waals surface area contributed by atoms with Crippen molar-refractivity contribution in [1.29, 1.82) is 5.41 Å². The first kappa shape index (κ1) is 14.1. The summed E-state index contributed by atoms with van der Waals surface area (Å²) in [5.41, 5.74) is 0.434. The first-order chi connectivity index (χ1) is 9.99. The Balaban J connectivity index is 2.50. The van der Waals surface area contributed by atoms with Crippen LogP contribution < -0.4 is 11.0 Å². The topological polar surface area (TPSA) is 71.0 Å². The van der Waals surface area contributed by atoms with E-state index in [0.717, 1.165) is 8.95 Å². The van der Waals surface area contributed by atoms with Crippen molar-refractivity contribution in [3.8, 4) is 5.69 Å². The number of halogens is 2. The highest BCUT2D eigenvalue weighted by molar-refractivity contribution is 9.10. The number of aromatic nitrogens is 2. The molecule has 3 aromatic rings. The molecule has 0 atom stereocenters. The van der Waals surface area contributed by atoms with E-state index >= 15 is 0 Å². The fraction of sp³-hybridized carbons (Fsp3) is 0. The molecule has 0 aliphatic carbocycles. The molecule has 0 bridgehead atoms. The van der Waals surface area contributed by atoms with E-state index in [9.17, 15) is 10.0 Å². The van der Waals surface area contributed by atoms with Gasteiger partial charge < -0.3 is 5.21 Å². The van der Waals surface area contributed by atoms with Gasteiger partial charge in [0.1, 0.15) is 5.52 Å². The Kier molecular flexibility index (Phi) is 3.46. The lowest BCUT2D eigenvalue weighted by Crippen LogP contribution is -2.40. The normalized spacial score (nSPS) is 11.0. The van der Waals surface area contributed by atoms with Crippen molar-refractivity contribution < 1.29 is 5.21 Å². The lowest BCUT2D eigenvalue weighted by molar-refractivity contribution is 0.181. The zero-order valence-electron chi connectivity index (χ0n) is 10.5. The molecule has 5 nitrogen and oxygen atoms in total. The Morgan fingerprint density at radius 2 is 1.57 bits per heavy atom. The second-order valence-electron chi connectivity index (χ2n) is 4.41. The molecule has 7 heteroatoms. The van der Waals surface area contributed by atoms with Crippen LogP contribution in [-0.4, -0.2) is 14.5 Å². The summed E-state index contributed by atoms with van der Waals surface area (Å²) >= 11 is 6.67. The second-order valence-corrected chi connectivity index (χ2v) is 6.24. The molecule has 106 valence electrons. The van der Waals surface area contributed by atoms with E-state index < -0.39 is 11.0 Å². The number of nitrogens with one attached hydrogen (secondary N) is 1. The fourth-order valence-corrected chi connectivity index (χ4v) is 2.74. The highest BCUT2D eigenvalue weighted by Crippen LogP contribution is 2.20. The molecule has 21 heavy (non-hydrogen) atoms. The van der Waals surface area contributed by atoms with Crippen molar-refractivity contribution in [3.63, 3.8) is 0 Å². The first-order valence-electron chi connectivity index (χ1n) is 5.96. The van der Waals surface area contributed by atoms with Crippen LogP contribution in [0.25, 0.3) is 16.7 Å². The van der Waals surface area contributed by atoms with Gasteiger partial charge in [0.2, 0.25) is 5.49 Å². The van der Waals surface area contributed by atoms with Crippen molar-refractivity contribution in [1.82, 2.24) is 9.30 Å². The Bertz CT molecular complexity index is 959. The minimum Gasteiger partial charge on any atom is -0.426 e. The molecule has 0 saturated carbocycles. The van der Waals surface area contributed by atoms with Crippen LogP contribution in [-0.2, 0) is 0 Å². The molecule has 0 radical (unpaired) electrons. The van der Waals surface area contributed by atoms with Crippen molar-refractivity contribution in [2.24, 2.45) is 0 Å². The van der Waals surface area contributed by atoms with Crippen LogP contribution >= 0.6 is 31.9 Å². The fourth-order valence-electron chi connectivity index (χ4n) is 2.13. The quantitative estimate of drug-likeness (QED) is 0.605. The molecule has 2 N–H and O–H groups in total. The van der Waals surface area contributed by atoms with Crippen LogP contribution in [0.4, 0.5) is 0 Å². The number of fused-ring (bicyclic) bond motifs is 1. The van der Waals surface area contributed by atoms with Gasteiger partial charge in [-0.3, -0.25) is 14.8 Å². The third-order valence-corrected chi connectivity index (χ3v) is 4.13. The number of hydrogen-bond acceptors (Lipinski definition) is 3. The highest BCUT2D eigenvalue weighted by atomic mass is 79.9. The van der Waals surface area contributed by atoms with Gasteiger partial charge in [0, 0.05) is 14.6 Å². The minimum absolute atomic E-state index is 0.372. The van der Waals surface area contributed by atoms with E-state index in [2.05, 4.69) is 31.9 Å². The zero-order chi connectivity index (χ0) is 15.1. The predicted octanol–water partition coefficient (Wildman–Crippen LogP) is 3.03. The summed E-state index contributed by atoms with van der Waals surface area (Å²) in [6.07, 6.45) is 0. The van der Waals surface area contributed by atoms with Crippen LogP contribution in [0.15, 0.2) is 56.2 Å². The van der Waals surface area contributed by atoms with Crippen molar-refractivity contribution in [2.45, 2.75) is 0 Å². The van der Waals surface area contributed by atoms with E-state index in [1.807, 2.05) is 12.1 Å². The molecule has 3 rings (SSSR count). The number of nitrogens with zero attached hydrogens (tertiary/aromatic N) is 2. The van der Waals surface area contributed by atoms with Gasteiger partial charge in [-0.25, -0.2) is 0 Å². The maximum atomic E-state index is 12.3. The summed E-state index contributed by atoms with van der Waals surface area (Å²) in [5, 5.41) is 17.8. The maximum Gasteiger partial charge on any atom is 0.301 e. The molecule has 0 fully saturated rings. The monoisotopic (exact) mass is 409 g/mol. The smallest absolute Gasteiger partial charge is 0.301 e. The molecular weight excluding hydrogens is 402 g/mol. The summed E-state index contributed by atoms with van der Waals surface area (Å²) < 4.78 is 3.64. The van der Waals surface area contributed by atoms with E-state index in [1.54, 1.807) is 30.3 Å². The highest BCUT2D eigenvalue weighted by Gasteiger charge is 2.12. The van der Waals surface area contributed by atoms with Gasteiger partial charge in [0.25, 0.3) is 0 Å². The minimum atomic E-state index is -0.588. The Hall–Kier alpha value is -1.86. The molecule has 0 unspecified atom stereocenters. The molecule has 0 aliphatic heterocycles. The average molecular weight is 411 g/mol. The Labute approximate surface area is 135 Å². The number of rotatable bonds is 1. The van der Waals surface area contributed by atoms with Gasteiger partial charge in [0.15, 0.2) is 0 Å². The number of hydrogen-bond donors (Lipinski definition) is 2. The van der Waals surface area contributed by atoms with Gasteiger partial charge in [0.05, 0.1) is 5.52 Å². The molecule has 2 aromatic carbocycles. The largest absolute Gasteiger partial charge is 0.426 e. The molecule has 1 heterocycles. The molecule has 0 saturated heterocycles. The molecule has 0 amide bonds. The summed E-state index contributed by atoms with van der Waals surface area (Å²) in [5.74, 6) is 0. The van der Waals surface area contributed by atoms with Gasteiger partial charge in [-0.15, -0.1) is 0 Å². The summed E-state index contributed by atoms with van der Waals surface area (Å²) in [6, 6.07) is 12.3. The Morgan fingerprint density at radius 1 is 0.952 bits per heavy atom. The lowest BCUT2D eigenvalue weighted by atomic mass is 10.2. The van der Waals surface area contributed by atoms with Crippen molar-refractivity contribution in [2.75, 3.05) is 0 Å². The standard InChI is InChI=1S/C14H9Br2N3O2/c15-8-1-4-10(5-2-8)18-11-6-3-9(16)7-12(11)19(21)13(17)14(18)20/h1-7,17,21H. The first-order valence-corrected chi connectivity index (χ1v) is 7.55. The third kappa shape index (κ3) is 2.32. The molecule has 0 spiro atoms. The summed E-state index contributed by atoms with van der Waals surface area (Å²) in [6.45, 7) is 0. The van der Waals surface area contributed by atoms with Crippen LogP contribution in [0.1, 0.15) is 0 Å². The van der Waals surface area contributed by atoms with Crippen LogP contribution in [0.3, 0.4) is 0 Å². The second kappa shape index (κ2) is 5.16.